The molecule has 7 aromatic carbocycles. The van der Waals surface area contributed by atoms with Gasteiger partial charge in [0.25, 0.3) is 0 Å². The smallest absolute Gasteiger partial charge is 0.308 e. The predicted molar refractivity (Wildman–Crippen MR) is 522 cm³/mol. The van der Waals surface area contributed by atoms with Crippen molar-refractivity contribution in [3.8, 4) is 24.2 Å². The van der Waals surface area contributed by atoms with E-state index in [1.807, 2.05) is 265 Å². The van der Waals surface area contributed by atoms with E-state index in [-0.39, 0.29) is 75.5 Å². The number of aromatic amines is 1. The summed E-state index contributed by atoms with van der Waals surface area (Å²) < 4.78 is 12.4. The molecule has 2 atom stereocenters. The Bertz CT molecular complexity index is 4790. The van der Waals surface area contributed by atoms with Gasteiger partial charge in [-0.2, -0.15) is 35.7 Å². The van der Waals surface area contributed by atoms with Gasteiger partial charge in [0, 0.05) is 184 Å². The quantitative estimate of drug-likeness (QED) is 0.0837. The summed E-state index contributed by atoms with van der Waals surface area (Å²) in [6, 6.07) is 57.2. The number of amides is 1. The second-order valence-electron chi connectivity index (χ2n) is 25.4. The van der Waals surface area contributed by atoms with Gasteiger partial charge in [0.05, 0.1) is 74.0 Å². The number of carbonyl (C=O) groups is 2. The maximum absolute atomic E-state index is 10.5. The number of nitrogens with zero attached hydrogens (tertiary/aromatic N) is 13. The van der Waals surface area contributed by atoms with Gasteiger partial charge in [-0.15, -0.1) is 12.3 Å². The minimum absolute atomic E-state index is 0. The molecule has 14 rings (SSSR count). The first kappa shape index (κ1) is 120. The molecule has 0 aliphatic rings. The Morgan fingerprint density at radius 3 is 1.17 bits per heavy atom. The van der Waals surface area contributed by atoms with Gasteiger partial charge in [0.15, 0.2) is 0 Å². The largest absolute Gasteiger partial charge is 0.481 e. The molecule has 0 bridgehead atoms. The third-order valence-corrected chi connectivity index (χ3v) is 17.1. The van der Waals surface area contributed by atoms with Crippen LogP contribution in [0, 0.1) is 86.0 Å². The molecule has 0 fully saturated rings. The normalized spacial score (nSPS) is 9.83. The molecule has 0 saturated carbocycles. The molecule has 657 valence electrons. The second-order valence-corrected chi connectivity index (χ2v) is 26.1. The van der Waals surface area contributed by atoms with Gasteiger partial charge in [-0.25, -0.2) is 0 Å². The summed E-state index contributed by atoms with van der Waals surface area (Å²) in [7, 11) is 11.8. The van der Waals surface area contributed by atoms with Crippen molar-refractivity contribution in [2.75, 3.05) is 6.61 Å². The maximum Gasteiger partial charge on any atom is 0.308 e. The van der Waals surface area contributed by atoms with Crippen molar-refractivity contribution in [3.63, 3.8) is 0 Å². The number of aliphatic carboxylic acids is 1. The number of halogens is 3. The number of benzene rings is 7. The summed E-state index contributed by atoms with van der Waals surface area (Å²) in [5, 5.41) is 61.3. The number of aromatic nitrogens is 14. The van der Waals surface area contributed by atoms with Crippen LogP contribution in [-0.4, -0.2) is 109 Å². The Morgan fingerprint density at radius 2 is 0.808 bits per heavy atom. The van der Waals surface area contributed by atoms with Gasteiger partial charge in [-0.1, -0.05) is 272 Å². The molecule has 120 heavy (non-hydrogen) atoms. The van der Waals surface area contributed by atoms with Gasteiger partial charge in [-0.05, 0) is 123 Å². The fourth-order valence-electron chi connectivity index (χ4n) is 10.7. The molecule has 2 unspecified atom stereocenters. The molecule has 0 saturated heterocycles. The molecular weight excluding hydrogens is 1910 g/mol. The minimum atomic E-state index is -0.897. The number of para-hydroxylation sites is 7. The number of fused-ring (bicyclic) bond motifs is 7. The average molecular weight is 2060 g/mol. The van der Waals surface area contributed by atoms with Crippen LogP contribution < -0.4 is 5.32 Å². The molecule has 7 heterocycles. The SMILES string of the molecule is BrBr.C.C#CC(C)C.CC.CC.CC.CC.CC.CC.CC(=O)NC(C)C(C)C(=O)O.CC(C)C#Cc1nn(C)c2ccccc12.CCCCc1nn(C)c2ccccc12.CCCCc1nn(C)c2ccccc12.Cn1nc(Br)c2ccccc21.Cn1nc(CCCO)c2ccccc21.Cn1ncc2ccccc21.O.[Ac].c1ccc2[nH]ncc2c1. The van der Waals surface area contributed by atoms with E-state index in [0.29, 0.717) is 11.8 Å². The Morgan fingerprint density at radius 1 is 0.475 bits per heavy atom. The second kappa shape index (κ2) is 72.3. The van der Waals surface area contributed by atoms with E-state index in [4.69, 9.17) is 16.6 Å². The first-order valence-corrected chi connectivity index (χ1v) is 45.7. The molecule has 1 amide bonds. The molecule has 0 aliphatic carbocycles. The van der Waals surface area contributed by atoms with E-state index in [9.17, 15) is 9.59 Å². The first-order valence-electron chi connectivity index (χ1n) is 41.2. The molecule has 0 spiro atoms. The van der Waals surface area contributed by atoms with Crippen molar-refractivity contribution >= 4 is 132 Å². The van der Waals surface area contributed by atoms with Crippen LogP contribution in [0.1, 0.15) is 208 Å². The van der Waals surface area contributed by atoms with E-state index in [2.05, 4.69) is 221 Å². The first-order chi connectivity index (χ1) is 56.5. The van der Waals surface area contributed by atoms with Crippen LogP contribution >= 0.6 is 44.2 Å². The Labute approximate surface area is 779 Å². The molecule has 1 radical (unpaired) electrons. The average Bonchev–Trinajstić information content (AvgIpc) is 1.69. The van der Waals surface area contributed by atoms with Gasteiger partial charge >= 0.3 is 5.97 Å². The van der Waals surface area contributed by atoms with Crippen molar-refractivity contribution in [2.45, 2.75) is 210 Å². The number of nitrogens with one attached hydrogen (secondary N) is 2. The summed E-state index contributed by atoms with van der Waals surface area (Å²) >= 11 is 8.89. The molecule has 0 aliphatic heterocycles. The number of hydrogen-bond donors (Lipinski definition) is 4. The van der Waals surface area contributed by atoms with E-state index >= 15 is 0 Å². The number of carboxylic acid groups (broad SMARTS) is 1. The summed E-state index contributed by atoms with van der Waals surface area (Å²) in [5.41, 5.74) is 12.6. The topological polar surface area (TPSA) is 254 Å². The fourth-order valence-corrected chi connectivity index (χ4v) is 11.3. The predicted octanol–water partition coefficient (Wildman–Crippen LogP) is 24.5. The van der Waals surface area contributed by atoms with Crippen LogP contribution in [0.3, 0.4) is 0 Å². The monoisotopic (exact) mass is 2050 g/mol. The number of carbonyl (C=O) groups excluding carboxylic acids is 1. The summed E-state index contributed by atoms with van der Waals surface area (Å²) in [5.74, 6) is 7.94. The molecular formula is C96H144AcBr3N15O5. The Balaban J connectivity index is -0.000000407. The number of rotatable bonds is 12. The number of H-pyrrole nitrogens is 1. The Kier molecular flexibility index (Phi) is 72.5. The maximum atomic E-state index is 10.5. The summed E-state index contributed by atoms with van der Waals surface area (Å²) in [6.07, 6.45) is 17.3. The molecule has 24 heteroatoms. The van der Waals surface area contributed by atoms with Crippen LogP contribution in [0.4, 0.5) is 0 Å². The van der Waals surface area contributed by atoms with E-state index in [1.165, 1.54) is 82.1 Å². The van der Waals surface area contributed by atoms with Crippen LogP contribution in [0.15, 0.2) is 187 Å². The van der Waals surface area contributed by atoms with Crippen molar-refractivity contribution in [1.82, 2.24) is 74.2 Å². The van der Waals surface area contributed by atoms with E-state index in [1.54, 1.807) is 13.8 Å². The number of aliphatic hydroxyl groups excluding tert-OH is 1. The molecule has 6 N–H and O–H groups in total. The number of carboxylic acids is 1. The van der Waals surface area contributed by atoms with Crippen molar-refractivity contribution < 1.29 is 69.3 Å². The third-order valence-electron chi connectivity index (χ3n) is 16.5. The third kappa shape index (κ3) is 42.5. The van der Waals surface area contributed by atoms with Crippen LogP contribution in [0.5, 0.6) is 0 Å². The fraction of sp³-hybridized carbons (Fsp3) is 0.427. The van der Waals surface area contributed by atoms with Gasteiger partial charge < -0.3 is 21.0 Å². The summed E-state index contributed by atoms with van der Waals surface area (Å²) in [6.45, 7) is 41.4. The standard InChI is InChI=1S/C13H14N2.2C12H16N2.C11H14N2O.C8H7BrN2.C8H8N2.C7H6N2.C7H13NO3.C5H8.6C2H6.CH4.Ac.Br2.H2O/c1-10(2)8-9-12-11-6-4-5-7-13(11)15(3)14-12;2*1-3-4-8-11-10-7-5-6-9-12(10)14(2)13-11;1-13-11-7-3-2-5-9(11)10(12-13)6-4-8-14;1-11-7-5-3-2-4-6(7)8(9)10-11;1-10-8-5-3-2-4-7(8)6-9-10;1-2-4-7-6(3-1)5-8-9-7;1-4(7(10)11)5(2)8-6(3)9;1-4-5(2)3;6*1-2;;;1-2;/h4-7,10H,1-3H3;2*5-7,9H,3-4,8H2,1-2H3;2-3,5,7,14H,4,6,8H2,1H3;2-5H,1H3;2-6H,1H3;1-5H,(H,8,9);4-5H,1-3H3,(H,8,9)(H,10,11);1,5H,2-3H3;6*1-2H3;1H4;;;1H2. The molecule has 14 aromatic rings. The minimum Gasteiger partial charge on any atom is -0.481 e. The van der Waals surface area contributed by atoms with Crippen LogP contribution in [0.25, 0.3) is 76.3 Å². The van der Waals surface area contributed by atoms with E-state index in [0.717, 1.165) is 79.9 Å². The van der Waals surface area contributed by atoms with Gasteiger partial charge in [0.1, 0.15) is 10.3 Å². The summed E-state index contributed by atoms with van der Waals surface area (Å²) in [4.78, 5) is 20.8. The zero-order valence-corrected chi connectivity index (χ0v) is 85.8. The van der Waals surface area contributed by atoms with Gasteiger partial charge in [0.2, 0.25) is 5.91 Å². The zero-order valence-electron chi connectivity index (χ0n) is 76.3. The number of aliphatic hydroxyl groups is 1. The number of unbranched alkanes of at least 4 members (excludes halogenated alkanes) is 2. The molecule has 7 aromatic heterocycles. The number of hydrogen-bond acceptors (Lipinski definition) is 10. The molecule has 20 nitrogen and oxygen atoms in total. The van der Waals surface area contributed by atoms with Gasteiger partial charge in [-0.3, -0.25) is 42.8 Å². The van der Waals surface area contributed by atoms with Crippen molar-refractivity contribution in [2.24, 2.45) is 60.0 Å². The van der Waals surface area contributed by atoms with Crippen molar-refractivity contribution in [3.05, 3.63) is 210 Å². The van der Waals surface area contributed by atoms with E-state index < -0.39 is 11.9 Å². The number of terminal acetylenes is 1. The number of aryl methyl sites for hydroxylation is 9. The van der Waals surface area contributed by atoms with Crippen LogP contribution in [-0.2, 0) is 71.1 Å². The Hall–Kier alpha value is -8.31. The zero-order chi connectivity index (χ0) is 89.0. The van der Waals surface area contributed by atoms with Crippen LogP contribution in [0.2, 0.25) is 0 Å². The van der Waals surface area contributed by atoms with Crippen molar-refractivity contribution in [1.29, 1.82) is 0 Å².